The summed E-state index contributed by atoms with van der Waals surface area (Å²) in [7, 11) is 3.87. The number of phenols is 1. The Hall–Kier alpha value is -3.38. The Labute approximate surface area is 188 Å². The molecule has 1 aliphatic rings. The quantitative estimate of drug-likeness (QED) is 0.448. The van der Waals surface area contributed by atoms with Crippen LogP contribution in [0.4, 0.5) is 0 Å². The molecule has 0 spiro atoms. The van der Waals surface area contributed by atoms with Gasteiger partial charge < -0.3 is 19.5 Å². The van der Waals surface area contributed by atoms with E-state index in [4.69, 9.17) is 9.47 Å². The largest absolute Gasteiger partial charge is 0.507 e. The van der Waals surface area contributed by atoms with Crippen molar-refractivity contribution in [2.24, 2.45) is 0 Å². The van der Waals surface area contributed by atoms with Crippen LogP contribution in [0, 0.1) is 6.92 Å². The first-order valence-corrected chi connectivity index (χ1v) is 10.8. The number of carbonyl (C=O) groups excluding carboxylic acids is 1. The van der Waals surface area contributed by atoms with Gasteiger partial charge in [-0.2, -0.15) is 0 Å². The van der Waals surface area contributed by atoms with Crippen LogP contribution in [0.2, 0.25) is 0 Å². The minimum atomic E-state index is -0.440. The topological polar surface area (TPSA) is 71.9 Å². The van der Waals surface area contributed by atoms with Crippen molar-refractivity contribution in [1.29, 1.82) is 0 Å². The molecule has 0 atom stereocenters. The zero-order valence-corrected chi connectivity index (χ0v) is 18.9. The summed E-state index contributed by atoms with van der Waals surface area (Å²) in [6.45, 7) is 4.28. The molecule has 1 aliphatic heterocycles. The van der Waals surface area contributed by atoms with Crippen molar-refractivity contribution in [1.82, 2.24) is 9.88 Å². The third-order valence-corrected chi connectivity index (χ3v) is 5.67. The van der Waals surface area contributed by atoms with Crippen LogP contribution in [0.1, 0.15) is 50.8 Å². The fourth-order valence-electron chi connectivity index (χ4n) is 4.25. The third kappa shape index (κ3) is 4.06. The first-order valence-electron chi connectivity index (χ1n) is 10.8. The average Bonchev–Trinajstić information content (AvgIpc) is 2.77. The number of hydrogen-bond donors (Lipinski definition) is 1. The zero-order chi connectivity index (χ0) is 22.8. The summed E-state index contributed by atoms with van der Waals surface area (Å²) in [5, 5.41) is 11.0. The fourth-order valence-corrected chi connectivity index (χ4v) is 4.25. The summed E-state index contributed by atoms with van der Waals surface area (Å²) >= 11 is 0. The minimum absolute atomic E-state index is 0.0751. The molecular weight excluding hydrogens is 404 g/mol. The first-order chi connectivity index (χ1) is 15.4. The number of aromatic hydroxyl groups is 1. The van der Waals surface area contributed by atoms with E-state index in [9.17, 15) is 9.90 Å². The number of aromatic nitrogens is 1. The molecule has 0 bridgehead atoms. The highest BCUT2D eigenvalue weighted by atomic mass is 16.5. The summed E-state index contributed by atoms with van der Waals surface area (Å²) in [5.41, 5.74) is 5.31. The normalized spacial score (nSPS) is 12.2. The molecule has 4 rings (SSSR count). The number of benzene rings is 2. The van der Waals surface area contributed by atoms with E-state index in [1.165, 1.54) is 0 Å². The molecule has 0 saturated carbocycles. The predicted molar refractivity (Wildman–Crippen MR) is 123 cm³/mol. The van der Waals surface area contributed by atoms with Crippen LogP contribution in [0.15, 0.2) is 42.6 Å². The zero-order valence-electron chi connectivity index (χ0n) is 18.9. The van der Waals surface area contributed by atoms with E-state index in [1.807, 2.05) is 55.4 Å². The van der Waals surface area contributed by atoms with Gasteiger partial charge in [-0.3, -0.25) is 4.98 Å². The van der Waals surface area contributed by atoms with Crippen LogP contribution < -0.4 is 4.74 Å². The molecule has 0 fully saturated rings. The summed E-state index contributed by atoms with van der Waals surface area (Å²) in [4.78, 5) is 19.2. The van der Waals surface area contributed by atoms with Gasteiger partial charge in [0.1, 0.15) is 17.2 Å². The van der Waals surface area contributed by atoms with Crippen molar-refractivity contribution in [3.63, 3.8) is 0 Å². The highest BCUT2D eigenvalue weighted by molar-refractivity contribution is 5.95. The molecular formula is C26H28N2O4. The molecule has 2 aromatic carbocycles. The first kappa shape index (κ1) is 21.8. The van der Waals surface area contributed by atoms with Gasteiger partial charge in [0.25, 0.3) is 0 Å². The average molecular weight is 433 g/mol. The van der Waals surface area contributed by atoms with E-state index in [-0.39, 0.29) is 12.4 Å². The maximum absolute atomic E-state index is 12.8. The van der Waals surface area contributed by atoms with Gasteiger partial charge in [-0.25, -0.2) is 4.79 Å². The van der Waals surface area contributed by atoms with E-state index in [1.54, 1.807) is 20.0 Å². The van der Waals surface area contributed by atoms with E-state index in [2.05, 4.69) is 4.98 Å². The van der Waals surface area contributed by atoms with Crippen molar-refractivity contribution < 1.29 is 19.4 Å². The number of carbonyl (C=O) groups is 1. The lowest BCUT2D eigenvalue weighted by molar-refractivity contribution is 0.0523. The second kappa shape index (κ2) is 9.01. The van der Waals surface area contributed by atoms with Crippen LogP contribution in [0.3, 0.4) is 0 Å². The van der Waals surface area contributed by atoms with Crippen LogP contribution in [0.25, 0.3) is 0 Å². The summed E-state index contributed by atoms with van der Waals surface area (Å²) < 4.78 is 11.8. The Morgan fingerprint density at radius 2 is 2.00 bits per heavy atom. The number of esters is 1. The smallest absolute Gasteiger partial charge is 0.338 e. The molecule has 0 aliphatic carbocycles. The summed E-state index contributed by atoms with van der Waals surface area (Å²) in [5.74, 6) is 0.949. The van der Waals surface area contributed by atoms with E-state index >= 15 is 0 Å². The van der Waals surface area contributed by atoms with Crippen molar-refractivity contribution >= 4 is 5.97 Å². The van der Waals surface area contributed by atoms with Crippen LogP contribution in [0.5, 0.6) is 17.2 Å². The van der Waals surface area contributed by atoms with Gasteiger partial charge in [-0.05, 0) is 45.6 Å². The van der Waals surface area contributed by atoms with Gasteiger partial charge in [0.05, 0.1) is 17.7 Å². The molecule has 0 saturated heterocycles. The van der Waals surface area contributed by atoms with Gasteiger partial charge in [-0.1, -0.05) is 24.3 Å². The summed E-state index contributed by atoms with van der Waals surface area (Å²) in [6, 6.07) is 11.9. The molecule has 2 heterocycles. The SMILES string of the molecule is CCOC(=O)c1c(C)c(O)c(CN(C)C)c2c1Cc1cccc(Cc3ccccn3)c1O2. The molecule has 0 amide bonds. The molecule has 1 N–H and O–H groups in total. The number of nitrogens with zero attached hydrogens (tertiary/aromatic N) is 2. The van der Waals surface area contributed by atoms with Gasteiger partial charge in [0, 0.05) is 48.0 Å². The van der Waals surface area contributed by atoms with Crippen molar-refractivity contribution in [2.75, 3.05) is 20.7 Å². The number of ether oxygens (including phenoxy) is 2. The summed E-state index contributed by atoms with van der Waals surface area (Å²) in [6.07, 6.45) is 2.93. The number of para-hydroxylation sites is 1. The number of phenolic OH excluding ortho intramolecular Hbond substituents is 1. The predicted octanol–water partition coefficient (Wildman–Crippen LogP) is 4.62. The van der Waals surface area contributed by atoms with E-state index < -0.39 is 5.97 Å². The third-order valence-electron chi connectivity index (χ3n) is 5.67. The lowest BCUT2D eigenvalue weighted by Crippen LogP contribution is -2.19. The van der Waals surface area contributed by atoms with E-state index in [0.717, 1.165) is 28.1 Å². The maximum Gasteiger partial charge on any atom is 0.338 e. The number of pyridine rings is 1. The monoisotopic (exact) mass is 432 g/mol. The molecule has 0 unspecified atom stereocenters. The lowest BCUT2D eigenvalue weighted by atomic mass is 9.88. The van der Waals surface area contributed by atoms with Crippen LogP contribution in [-0.4, -0.2) is 41.7 Å². The van der Waals surface area contributed by atoms with Crippen molar-refractivity contribution in [3.05, 3.63) is 81.7 Å². The van der Waals surface area contributed by atoms with Crippen molar-refractivity contribution in [3.8, 4) is 17.2 Å². The number of fused-ring (bicyclic) bond motifs is 2. The Morgan fingerprint density at radius 1 is 1.19 bits per heavy atom. The number of hydrogen-bond acceptors (Lipinski definition) is 6. The molecule has 6 heteroatoms. The highest BCUT2D eigenvalue weighted by Gasteiger charge is 2.32. The molecule has 3 aromatic rings. The fraction of sp³-hybridized carbons (Fsp3) is 0.308. The van der Waals surface area contributed by atoms with Crippen LogP contribution >= 0.6 is 0 Å². The standard InChI is InChI=1S/C26H28N2O4/c1-5-31-26(30)22-16(2)23(29)21(15-28(3)4)25-20(22)14-18-10-8-9-17(24(18)32-25)13-19-11-6-7-12-27-19/h6-12,29H,5,13-15H2,1-4H3. The van der Waals surface area contributed by atoms with Gasteiger partial charge in [-0.15, -0.1) is 0 Å². The van der Waals surface area contributed by atoms with Gasteiger partial charge >= 0.3 is 5.97 Å². The second-order valence-electron chi connectivity index (χ2n) is 8.28. The molecule has 1 aromatic heterocycles. The molecule has 166 valence electrons. The second-order valence-corrected chi connectivity index (χ2v) is 8.28. The number of rotatable bonds is 6. The van der Waals surface area contributed by atoms with Crippen molar-refractivity contribution in [2.45, 2.75) is 33.2 Å². The lowest BCUT2D eigenvalue weighted by Gasteiger charge is -2.29. The Bertz CT molecular complexity index is 1160. The highest BCUT2D eigenvalue weighted by Crippen LogP contribution is 2.47. The Balaban J connectivity index is 1.86. The Kier molecular flexibility index (Phi) is 6.15. The molecule has 6 nitrogen and oxygen atoms in total. The Morgan fingerprint density at radius 3 is 2.69 bits per heavy atom. The molecule has 0 radical (unpaired) electrons. The van der Waals surface area contributed by atoms with Crippen LogP contribution in [-0.2, 0) is 24.1 Å². The van der Waals surface area contributed by atoms with Gasteiger partial charge in [0.2, 0.25) is 0 Å². The maximum atomic E-state index is 12.8. The van der Waals surface area contributed by atoms with Gasteiger partial charge in [0.15, 0.2) is 0 Å². The molecule has 32 heavy (non-hydrogen) atoms. The van der Waals surface area contributed by atoms with E-state index in [0.29, 0.717) is 41.8 Å². The minimum Gasteiger partial charge on any atom is -0.507 e.